The normalized spacial score (nSPS) is 10.8. The molecule has 30 heavy (non-hydrogen) atoms. The van der Waals surface area contributed by atoms with Gasteiger partial charge >= 0.3 is 5.69 Å². The number of nitrogens with one attached hydrogen (secondary N) is 2. The van der Waals surface area contributed by atoms with Crippen LogP contribution in [0.5, 0.6) is 0 Å². The lowest BCUT2D eigenvalue weighted by Gasteiger charge is -2.10. The summed E-state index contributed by atoms with van der Waals surface area (Å²) in [4.78, 5) is 57.2. The second-order valence-corrected chi connectivity index (χ2v) is 7.77. The van der Waals surface area contributed by atoms with Crippen LogP contribution >= 0.6 is 11.8 Å². The molecule has 0 bridgehead atoms. The number of amides is 2. The molecule has 2 heterocycles. The fourth-order valence-electron chi connectivity index (χ4n) is 2.72. The zero-order valence-corrected chi connectivity index (χ0v) is 17.6. The van der Waals surface area contributed by atoms with Crippen LogP contribution in [0.3, 0.4) is 0 Å². The van der Waals surface area contributed by atoms with Gasteiger partial charge in [0, 0.05) is 37.4 Å². The minimum atomic E-state index is -0.587. The molecule has 0 aliphatic rings. The first-order valence-corrected chi connectivity index (χ1v) is 10.0. The number of carbonyl (C=O) groups excluding carboxylic acids is 2. The fourth-order valence-corrected chi connectivity index (χ4v) is 3.38. The molecule has 0 saturated heterocycles. The molecule has 0 saturated carbocycles. The molecular weight excluding hydrogens is 406 g/mol. The molecule has 9 nitrogen and oxygen atoms in total. The maximum atomic E-state index is 12.6. The van der Waals surface area contributed by atoms with Crippen LogP contribution < -0.4 is 16.6 Å². The molecule has 0 spiro atoms. The van der Waals surface area contributed by atoms with Gasteiger partial charge in [-0.3, -0.25) is 23.9 Å². The molecular formula is C20H21N5O4S. The smallest absolute Gasteiger partial charge is 0.329 e. The van der Waals surface area contributed by atoms with E-state index in [1.165, 1.54) is 21.7 Å². The van der Waals surface area contributed by atoms with Gasteiger partial charge in [0.1, 0.15) is 5.65 Å². The second-order valence-electron chi connectivity index (χ2n) is 6.75. The molecule has 0 aliphatic carbocycles. The number of hydrogen-bond donors (Lipinski definition) is 2. The number of aromatic amines is 1. The highest BCUT2D eigenvalue weighted by atomic mass is 32.2. The van der Waals surface area contributed by atoms with Crippen LogP contribution in [0.4, 0.5) is 10.5 Å². The summed E-state index contributed by atoms with van der Waals surface area (Å²) in [6.45, 7) is 2.32. The van der Waals surface area contributed by atoms with E-state index in [1.54, 1.807) is 38.4 Å². The Morgan fingerprint density at radius 3 is 2.53 bits per heavy atom. The van der Waals surface area contributed by atoms with Crippen molar-refractivity contribution in [3.63, 3.8) is 0 Å². The maximum absolute atomic E-state index is 12.6. The number of thioether (sulfide) groups is 1. The third kappa shape index (κ3) is 4.60. The first kappa shape index (κ1) is 21.3. The summed E-state index contributed by atoms with van der Waals surface area (Å²) in [6.07, 6.45) is 2.03. The van der Waals surface area contributed by atoms with E-state index in [2.05, 4.69) is 15.3 Å². The Balaban J connectivity index is 1.82. The van der Waals surface area contributed by atoms with Crippen molar-refractivity contribution in [1.82, 2.24) is 19.4 Å². The van der Waals surface area contributed by atoms with E-state index in [-0.39, 0.29) is 21.8 Å². The molecule has 0 unspecified atom stereocenters. The number of aromatic nitrogens is 3. The minimum Gasteiger partial charge on any atom is -0.339 e. The molecule has 2 N–H and O–H groups in total. The number of hydrogen-bond acceptors (Lipinski definition) is 6. The van der Waals surface area contributed by atoms with Crippen molar-refractivity contribution in [2.45, 2.75) is 24.8 Å². The molecule has 3 rings (SSSR count). The van der Waals surface area contributed by atoms with Gasteiger partial charge in [0.2, 0.25) is 0 Å². The predicted octanol–water partition coefficient (Wildman–Crippen LogP) is 2.52. The number of carbonyl (C=O) groups is 2. The molecule has 0 radical (unpaired) electrons. The number of fused-ring (bicyclic) bond motifs is 1. The first-order valence-electron chi connectivity index (χ1n) is 9.23. The number of anilines is 1. The topological polar surface area (TPSA) is 117 Å². The monoisotopic (exact) mass is 427 g/mol. The van der Waals surface area contributed by atoms with E-state index in [1.807, 2.05) is 6.92 Å². The fraction of sp³-hybridized carbons (Fsp3) is 0.250. The Morgan fingerprint density at radius 2 is 1.90 bits per heavy atom. The average molecular weight is 427 g/mol. The Kier molecular flexibility index (Phi) is 6.36. The molecule has 10 heteroatoms. The zero-order chi connectivity index (χ0) is 21.8. The molecule has 0 atom stereocenters. The number of nitrogens with zero attached hydrogens (tertiary/aromatic N) is 3. The number of pyridine rings is 1. The summed E-state index contributed by atoms with van der Waals surface area (Å²) < 4.78 is 1.38. The van der Waals surface area contributed by atoms with E-state index >= 15 is 0 Å². The molecule has 2 amide bonds. The van der Waals surface area contributed by atoms with Crippen LogP contribution in [0.2, 0.25) is 0 Å². The third-order valence-electron chi connectivity index (χ3n) is 4.22. The van der Waals surface area contributed by atoms with Crippen LogP contribution in [0, 0.1) is 0 Å². The van der Waals surface area contributed by atoms with Crippen LogP contribution in [-0.2, 0) is 6.54 Å². The van der Waals surface area contributed by atoms with Crippen LogP contribution in [-0.4, -0.2) is 44.7 Å². The van der Waals surface area contributed by atoms with Gasteiger partial charge in [-0.05, 0) is 48.5 Å². The number of rotatable bonds is 5. The van der Waals surface area contributed by atoms with E-state index in [9.17, 15) is 19.2 Å². The van der Waals surface area contributed by atoms with Gasteiger partial charge in [-0.15, -0.1) is 0 Å². The molecule has 1 aromatic carbocycles. The summed E-state index contributed by atoms with van der Waals surface area (Å²) in [6, 6.07) is 8.25. The van der Waals surface area contributed by atoms with Crippen molar-refractivity contribution < 1.29 is 9.59 Å². The van der Waals surface area contributed by atoms with Crippen LogP contribution in [0.1, 0.15) is 23.7 Å². The Labute approximate surface area is 176 Å². The lowest BCUT2D eigenvalue weighted by atomic mass is 10.2. The highest BCUT2D eigenvalue weighted by molar-refractivity contribution is 8.13. The van der Waals surface area contributed by atoms with E-state index in [4.69, 9.17) is 0 Å². The minimum absolute atomic E-state index is 0.0965. The number of aryl methyl sites for hydroxylation is 1. The SMILES string of the molecule is CCCn1c(=O)[nH]c(=O)c2cc(C(=O)Nc3ccc(SC(=O)N(C)C)cc3)cnc21. The summed E-state index contributed by atoms with van der Waals surface area (Å²) in [7, 11) is 3.35. The van der Waals surface area contributed by atoms with Gasteiger partial charge in [-0.25, -0.2) is 9.78 Å². The van der Waals surface area contributed by atoms with Crippen molar-refractivity contribution in [3.8, 4) is 0 Å². The lowest BCUT2D eigenvalue weighted by molar-refractivity contribution is 0.102. The van der Waals surface area contributed by atoms with Crippen molar-refractivity contribution in [3.05, 3.63) is 62.9 Å². The van der Waals surface area contributed by atoms with Crippen molar-refractivity contribution in [1.29, 1.82) is 0 Å². The van der Waals surface area contributed by atoms with Gasteiger partial charge in [0.05, 0.1) is 10.9 Å². The second kappa shape index (κ2) is 8.95. The molecule has 3 aromatic rings. The van der Waals surface area contributed by atoms with Crippen LogP contribution in [0.15, 0.2) is 51.0 Å². The van der Waals surface area contributed by atoms with Gasteiger partial charge < -0.3 is 10.2 Å². The molecule has 2 aromatic heterocycles. The summed E-state index contributed by atoms with van der Waals surface area (Å²) in [5.74, 6) is -0.443. The Bertz CT molecular complexity index is 1210. The van der Waals surface area contributed by atoms with Gasteiger partial charge in [-0.1, -0.05) is 6.92 Å². The third-order valence-corrected chi connectivity index (χ3v) is 5.27. The quantitative estimate of drug-likeness (QED) is 0.604. The summed E-state index contributed by atoms with van der Waals surface area (Å²) >= 11 is 1.08. The predicted molar refractivity (Wildman–Crippen MR) is 116 cm³/mol. The highest BCUT2D eigenvalue weighted by Crippen LogP contribution is 2.22. The summed E-state index contributed by atoms with van der Waals surface area (Å²) in [5.41, 5.74) is -0.141. The summed E-state index contributed by atoms with van der Waals surface area (Å²) in [5, 5.41) is 2.81. The van der Waals surface area contributed by atoms with Gasteiger partial charge in [0.15, 0.2) is 0 Å². The van der Waals surface area contributed by atoms with Gasteiger partial charge in [0.25, 0.3) is 16.7 Å². The van der Waals surface area contributed by atoms with E-state index in [0.29, 0.717) is 18.7 Å². The van der Waals surface area contributed by atoms with Crippen molar-refractivity contribution >= 4 is 39.6 Å². The van der Waals surface area contributed by atoms with E-state index < -0.39 is 17.2 Å². The molecule has 156 valence electrons. The largest absolute Gasteiger partial charge is 0.339 e. The Morgan fingerprint density at radius 1 is 1.20 bits per heavy atom. The van der Waals surface area contributed by atoms with E-state index in [0.717, 1.165) is 16.7 Å². The standard InChI is InChI=1S/C20H21N5O4S/c1-4-9-25-16-15(18(27)23-19(25)28)10-12(11-21-16)17(26)22-13-5-7-14(8-6-13)30-20(29)24(2)3/h5-8,10-11H,4,9H2,1-3H3,(H,22,26)(H,23,27,28). The first-order chi connectivity index (χ1) is 14.3. The Hall–Kier alpha value is -3.40. The molecule has 0 aliphatic heterocycles. The van der Waals surface area contributed by atoms with Crippen molar-refractivity contribution in [2.75, 3.05) is 19.4 Å². The average Bonchev–Trinajstić information content (AvgIpc) is 2.72. The van der Waals surface area contributed by atoms with Crippen LogP contribution in [0.25, 0.3) is 11.0 Å². The highest BCUT2D eigenvalue weighted by Gasteiger charge is 2.13. The number of H-pyrrole nitrogens is 1. The molecule has 0 fully saturated rings. The maximum Gasteiger partial charge on any atom is 0.329 e. The zero-order valence-electron chi connectivity index (χ0n) is 16.8. The lowest BCUT2D eigenvalue weighted by Crippen LogP contribution is -2.31. The van der Waals surface area contributed by atoms with Crippen molar-refractivity contribution in [2.24, 2.45) is 0 Å². The number of benzene rings is 1. The van der Waals surface area contributed by atoms with Gasteiger partial charge in [-0.2, -0.15) is 0 Å².